The molecule has 2 rings (SSSR count). The Morgan fingerprint density at radius 3 is 2.58 bits per heavy atom. The smallest absolute Gasteiger partial charge is 0.123 e. The van der Waals surface area contributed by atoms with E-state index in [9.17, 15) is 4.39 Å². The zero-order valence-electron chi connectivity index (χ0n) is 10.7. The lowest BCUT2D eigenvalue weighted by Gasteiger charge is -2.15. The quantitative estimate of drug-likeness (QED) is 0.902. The van der Waals surface area contributed by atoms with Gasteiger partial charge in [-0.15, -0.1) is 0 Å². The lowest BCUT2D eigenvalue weighted by molar-refractivity contribution is 0.624. The normalized spacial score (nSPS) is 11.6. The van der Waals surface area contributed by atoms with Gasteiger partial charge in [-0.25, -0.2) is 4.39 Å². The van der Waals surface area contributed by atoms with Crippen molar-refractivity contribution in [3.8, 4) is 6.07 Å². The minimum absolute atomic E-state index is 0.190. The molecule has 0 fully saturated rings. The van der Waals surface area contributed by atoms with Gasteiger partial charge in [-0.05, 0) is 55.3 Å². The second kappa shape index (κ2) is 6.01. The first-order chi connectivity index (χ1) is 9.17. The minimum Gasteiger partial charge on any atom is -0.382 e. The van der Waals surface area contributed by atoms with Gasteiger partial charge in [0.25, 0.3) is 0 Å². The SMILES string of the molecule is CC(Cc1cccc(F)c1)Nc1ccc(C#N)cc1. The molecule has 3 heteroatoms. The Bertz CT molecular complexity index is 584. The lowest BCUT2D eigenvalue weighted by atomic mass is 10.1. The van der Waals surface area contributed by atoms with Crippen LogP contribution in [0.2, 0.25) is 0 Å². The molecule has 0 aromatic heterocycles. The van der Waals surface area contributed by atoms with E-state index in [2.05, 4.69) is 11.4 Å². The molecular formula is C16H15FN2. The average molecular weight is 254 g/mol. The average Bonchev–Trinajstić information content (AvgIpc) is 2.39. The fourth-order valence-corrected chi connectivity index (χ4v) is 1.99. The molecule has 1 unspecified atom stereocenters. The Hall–Kier alpha value is -2.34. The fourth-order valence-electron chi connectivity index (χ4n) is 1.99. The van der Waals surface area contributed by atoms with Gasteiger partial charge in [-0.1, -0.05) is 12.1 Å². The largest absolute Gasteiger partial charge is 0.382 e. The highest BCUT2D eigenvalue weighted by Crippen LogP contribution is 2.13. The molecule has 0 radical (unpaired) electrons. The molecule has 0 spiro atoms. The van der Waals surface area contributed by atoms with Crippen LogP contribution in [0.25, 0.3) is 0 Å². The molecule has 0 amide bonds. The molecule has 2 aromatic rings. The summed E-state index contributed by atoms with van der Waals surface area (Å²) in [6.07, 6.45) is 0.748. The third kappa shape index (κ3) is 3.82. The highest BCUT2D eigenvalue weighted by Gasteiger charge is 2.04. The van der Waals surface area contributed by atoms with E-state index in [0.29, 0.717) is 5.56 Å². The molecule has 1 N–H and O–H groups in total. The maximum absolute atomic E-state index is 13.1. The van der Waals surface area contributed by atoms with E-state index in [0.717, 1.165) is 17.7 Å². The van der Waals surface area contributed by atoms with E-state index < -0.39 is 0 Å². The molecule has 2 nitrogen and oxygen atoms in total. The molecule has 96 valence electrons. The predicted molar refractivity (Wildman–Crippen MR) is 74.3 cm³/mol. The monoisotopic (exact) mass is 254 g/mol. The molecule has 0 saturated heterocycles. The Morgan fingerprint density at radius 1 is 1.21 bits per heavy atom. The van der Waals surface area contributed by atoms with Gasteiger partial charge in [0.2, 0.25) is 0 Å². The second-order valence-electron chi connectivity index (χ2n) is 4.57. The molecule has 0 aliphatic carbocycles. The highest BCUT2D eigenvalue weighted by molar-refractivity contribution is 5.47. The summed E-state index contributed by atoms with van der Waals surface area (Å²) in [4.78, 5) is 0. The lowest BCUT2D eigenvalue weighted by Crippen LogP contribution is -2.18. The Balaban J connectivity index is 1.97. The van der Waals surface area contributed by atoms with Gasteiger partial charge in [0.15, 0.2) is 0 Å². The van der Waals surface area contributed by atoms with E-state index in [1.165, 1.54) is 6.07 Å². The van der Waals surface area contributed by atoms with Crippen LogP contribution in [0.1, 0.15) is 18.1 Å². The molecule has 0 saturated carbocycles. The number of nitrogens with one attached hydrogen (secondary N) is 1. The zero-order valence-corrected chi connectivity index (χ0v) is 10.7. The number of rotatable bonds is 4. The van der Waals surface area contributed by atoms with Gasteiger partial charge < -0.3 is 5.32 Å². The van der Waals surface area contributed by atoms with Crippen LogP contribution in [-0.4, -0.2) is 6.04 Å². The van der Waals surface area contributed by atoms with Crippen LogP contribution < -0.4 is 5.32 Å². The molecule has 0 aliphatic rings. The van der Waals surface area contributed by atoms with Gasteiger partial charge in [-0.2, -0.15) is 5.26 Å². The number of benzene rings is 2. The van der Waals surface area contributed by atoms with E-state index >= 15 is 0 Å². The van der Waals surface area contributed by atoms with E-state index in [1.807, 2.05) is 25.1 Å². The van der Waals surface area contributed by atoms with Crippen molar-refractivity contribution in [3.63, 3.8) is 0 Å². The zero-order chi connectivity index (χ0) is 13.7. The van der Waals surface area contributed by atoms with Crippen LogP contribution in [0, 0.1) is 17.1 Å². The third-order valence-electron chi connectivity index (χ3n) is 2.86. The summed E-state index contributed by atoms with van der Waals surface area (Å²) >= 11 is 0. The van der Waals surface area contributed by atoms with E-state index in [-0.39, 0.29) is 11.9 Å². The number of nitriles is 1. The van der Waals surface area contributed by atoms with Crippen LogP contribution in [0.5, 0.6) is 0 Å². The number of nitrogens with zero attached hydrogens (tertiary/aromatic N) is 1. The summed E-state index contributed by atoms with van der Waals surface area (Å²) in [7, 11) is 0. The van der Waals surface area contributed by atoms with Crippen LogP contribution in [0.3, 0.4) is 0 Å². The maximum Gasteiger partial charge on any atom is 0.123 e. The summed E-state index contributed by atoms with van der Waals surface area (Å²) in [6.45, 7) is 2.04. The van der Waals surface area contributed by atoms with Gasteiger partial charge in [0, 0.05) is 11.7 Å². The standard InChI is InChI=1S/C16H15FN2/c1-12(9-14-3-2-4-15(17)10-14)19-16-7-5-13(11-18)6-8-16/h2-8,10,12,19H,9H2,1H3. The number of hydrogen-bond acceptors (Lipinski definition) is 2. The predicted octanol–water partition coefficient (Wildman–Crippen LogP) is 3.74. The van der Waals surface area contributed by atoms with Crippen LogP contribution in [-0.2, 0) is 6.42 Å². The first kappa shape index (κ1) is 13.1. The summed E-state index contributed by atoms with van der Waals surface area (Å²) < 4.78 is 13.1. The topological polar surface area (TPSA) is 35.8 Å². The van der Waals surface area contributed by atoms with Crippen molar-refractivity contribution in [2.75, 3.05) is 5.32 Å². The molecule has 0 heterocycles. The molecule has 2 aromatic carbocycles. The minimum atomic E-state index is -0.205. The van der Waals surface area contributed by atoms with Crippen molar-refractivity contribution in [2.45, 2.75) is 19.4 Å². The highest BCUT2D eigenvalue weighted by atomic mass is 19.1. The Morgan fingerprint density at radius 2 is 1.95 bits per heavy atom. The molecule has 0 aliphatic heterocycles. The number of halogens is 1. The van der Waals surface area contributed by atoms with Crippen LogP contribution in [0.15, 0.2) is 48.5 Å². The maximum atomic E-state index is 13.1. The van der Waals surface area contributed by atoms with Gasteiger partial charge in [0.05, 0.1) is 11.6 Å². The second-order valence-corrected chi connectivity index (χ2v) is 4.57. The fraction of sp³-hybridized carbons (Fsp3) is 0.188. The number of anilines is 1. The van der Waals surface area contributed by atoms with E-state index in [1.54, 1.807) is 24.3 Å². The van der Waals surface area contributed by atoms with Crippen molar-refractivity contribution < 1.29 is 4.39 Å². The van der Waals surface area contributed by atoms with Crippen molar-refractivity contribution >= 4 is 5.69 Å². The molecular weight excluding hydrogens is 239 g/mol. The van der Waals surface area contributed by atoms with Crippen LogP contribution >= 0.6 is 0 Å². The third-order valence-corrected chi connectivity index (χ3v) is 2.86. The van der Waals surface area contributed by atoms with Crippen LogP contribution in [0.4, 0.5) is 10.1 Å². The Kier molecular flexibility index (Phi) is 4.15. The van der Waals surface area contributed by atoms with Gasteiger partial charge in [0.1, 0.15) is 5.82 Å². The molecule has 19 heavy (non-hydrogen) atoms. The van der Waals surface area contributed by atoms with Crippen molar-refractivity contribution in [2.24, 2.45) is 0 Å². The summed E-state index contributed by atoms with van der Waals surface area (Å²) in [5.74, 6) is -0.205. The summed E-state index contributed by atoms with van der Waals surface area (Å²) in [6, 6.07) is 16.2. The molecule has 1 atom stereocenters. The van der Waals surface area contributed by atoms with E-state index in [4.69, 9.17) is 5.26 Å². The van der Waals surface area contributed by atoms with Gasteiger partial charge in [-0.3, -0.25) is 0 Å². The number of hydrogen-bond donors (Lipinski definition) is 1. The first-order valence-electron chi connectivity index (χ1n) is 6.18. The van der Waals surface area contributed by atoms with Crippen molar-refractivity contribution in [1.29, 1.82) is 5.26 Å². The van der Waals surface area contributed by atoms with Gasteiger partial charge >= 0.3 is 0 Å². The first-order valence-corrected chi connectivity index (χ1v) is 6.18. The Labute approximate surface area is 112 Å². The van der Waals surface area contributed by atoms with Crippen molar-refractivity contribution in [1.82, 2.24) is 0 Å². The summed E-state index contributed by atoms with van der Waals surface area (Å²) in [5, 5.41) is 12.1. The molecule has 0 bridgehead atoms. The van der Waals surface area contributed by atoms with Crippen molar-refractivity contribution in [3.05, 3.63) is 65.5 Å². The summed E-state index contributed by atoms with van der Waals surface area (Å²) in [5.41, 5.74) is 2.57.